The third kappa shape index (κ3) is 3.35. The zero-order valence-electron chi connectivity index (χ0n) is 11.7. The number of carbonyl (C=O) groups excluding carboxylic acids is 2. The van der Waals surface area contributed by atoms with Crippen LogP contribution in [-0.2, 0) is 9.53 Å². The van der Waals surface area contributed by atoms with Gasteiger partial charge in [-0.25, -0.2) is 4.79 Å². The van der Waals surface area contributed by atoms with Crippen molar-refractivity contribution in [2.45, 2.75) is 0 Å². The number of cyclic esters (lactones) is 1. The van der Waals surface area contributed by atoms with Crippen molar-refractivity contribution in [3.63, 3.8) is 0 Å². The van der Waals surface area contributed by atoms with E-state index in [0.717, 1.165) is 4.88 Å². The fraction of sp³-hybridized carbons (Fsp3) is 0.125. The van der Waals surface area contributed by atoms with Crippen LogP contribution in [-0.4, -0.2) is 25.2 Å². The van der Waals surface area contributed by atoms with Crippen LogP contribution in [0.5, 0.6) is 0 Å². The van der Waals surface area contributed by atoms with Crippen molar-refractivity contribution in [2.75, 3.05) is 23.4 Å². The van der Waals surface area contributed by atoms with Crippen LogP contribution in [0.2, 0.25) is 0 Å². The number of ether oxygens (including phenoxy) is 1. The number of anilines is 2. The third-order valence-electron chi connectivity index (χ3n) is 3.13. The second-order valence-electron chi connectivity index (χ2n) is 4.65. The second kappa shape index (κ2) is 6.44. The molecule has 22 heavy (non-hydrogen) atoms. The maximum atomic E-state index is 11.9. The largest absolute Gasteiger partial charge is 0.447 e. The van der Waals surface area contributed by atoms with E-state index in [1.165, 1.54) is 11.0 Å². The molecule has 0 spiro atoms. The Balaban J connectivity index is 1.67. The summed E-state index contributed by atoms with van der Waals surface area (Å²) in [6.45, 7) is 0.910. The monoisotopic (exact) mass is 314 g/mol. The Morgan fingerprint density at radius 1 is 1.32 bits per heavy atom. The summed E-state index contributed by atoms with van der Waals surface area (Å²) in [5.74, 6) is -0.213. The van der Waals surface area contributed by atoms with Gasteiger partial charge in [0.1, 0.15) is 6.61 Å². The van der Waals surface area contributed by atoms with Crippen molar-refractivity contribution >= 4 is 40.8 Å². The molecule has 2 amide bonds. The molecule has 1 aliphatic heterocycles. The minimum Gasteiger partial charge on any atom is -0.447 e. The minimum atomic E-state index is -0.360. The highest BCUT2D eigenvalue weighted by Gasteiger charge is 2.23. The summed E-state index contributed by atoms with van der Waals surface area (Å²) in [6, 6.07) is 11.0. The minimum absolute atomic E-state index is 0.213. The second-order valence-corrected chi connectivity index (χ2v) is 5.63. The van der Waals surface area contributed by atoms with Crippen LogP contribution in [0.15, 0.2) is 47.9 Å². The maximum Gasteiger partial charge on any atom is 0.414 e. The Hall–Kier alpha value is -2.60. The van der Waals surface area contributed by atoms with Gasteiger partial charge < -0.3 is 10.1 Å². The van der Waals surface area contributed by atoms with Crippen LogP contribution >= 0.6 is 11.3 Å². The quantitative estimate of drug-likeness (QED) is 0.880. The molecule has 2 aromatic rings. The summed E-state index contributed by atoms with van der Waals surface area (Å²) in [6.07, 6.45) is 2.89. The van der Waals surface area contributed by atoms with Crippen molar-refractivity contribution in [3.05, 3.63) is 52.7 Å². The zero-order valence-corrected chi connectivity index (χ0v) is 12.5. The summed E-state index contributed by atoms with van der Waals surface area (Å²) in [5.41, 5.74) is 1.35. The fourth-order valence-corrected chi connectivity index (χ4v) is 2.73. The van der Waals surface area contributed by atoms with Gasteiger partial charge >= 0.3 is 6.09 Å². The van der Waals surface area contributed by atoms with Gasteiger partial charge in [-0.3, -0.25) is 9.69 Å². The Bertz CT molecular complexity index is 710. The Morgan fingerprint density at radius 2 is 2.23 bits per heavy atom. The first kappa shape index (κ1) is 14.3. The zero-order chi connectivity index (χ0) is 15.4. The molecule has 1 aromatic heterocycles. The average Bonchev–Trinajstić information content (AvgIpc) is 3.16. The molecule has 1 N–H and O–H groups in total. The molecule has 1 saturated heterocycles. The molecule has 1 aromatic carbocycles. The van der Waals surface area contributed by atoms with Gasteiger partial charge in [-0.15, -0.1) is 11.3 Å². The molecule has 0 aliphatic carbocycles. The number of carbonyl (C=O) groups is 2. The van der Waals surface area contributed by atoms with Crippen molar-refractivity contribution in [1.82, 2.24) is 0 Å². The molecular weight excluding hydrogens is 300 g/mol. The van der Waals surface area contributed by atoms with Crippen LogP contribution in [0.1, 0.15) is 4.88 Å². The number of hydrogen-bond acceptors (Lipinski definition) is 4. The van der Waals surface area contributed by atoms with E-state index in [0.29, 0.717) is 24.5 Å². The molecule has 0 radical (unpaired) electrons. The number of benzene rings is 1. The molecule has 1 fully saturated rings. The van der Waals surface area contributed by atoms with E-state index in [1.807, 2.05) is 23.6 Å². The molecule has 2 heterocycles. The smallest absolute Gasteiger partial charge is 0.414 e. The summed E-state index contributed by atoms with van der Waals surface area (Å²) < 4.78 is 4.91. The maximum absolute atomic E-state index is 11.9. The van der Waals surface area contributed by atoms with Gasteiger partial charge in [-0.1, -0.05) is 12.1 Å². The standard InChI is InChI=1S/C16H14N2O3S/c19-15(7-6-14-5-2-10-22-14)17-12-3-1-4-13(11-12)18-8-9-21-16(18)20/h1-7,10-11H,8-9H2,(H,17,19)/b7-6+. The van der Waals surface area contributed by atoms with Crippen LogP contribution in [0.25, 0.3) is 6.08 Å². The number of rotatable bonds is 4. The topological polar surface area (TPSA) is 58.6 Å². The predicted octanol–water partition coefficient (Wildman–Crippen LogP) is 3.36. The lowest BCUT2D eigenvalue weighted by molar-refractivity contribution is -0.111. The number of nitrogens with zero attached hydrogens (tertiary/aromatic N) is 1. The van der Waals surface area contributed by atoms with E-state index >= 15 is 0 Å². The van der Waals surface area contributed by atoms with Gasteiger partial charge in [0.2, 0.25) is 5.91 Å². The van der Waals surface area contributed by atoms with Gasteiger partial charge in [-0.2, -0.15) is 0 Å². The van der Waals surface area contributed by atoms with E-state index in [-0.39, 0.29) is 12.0 Å². The van der Waals surface area contributed by atoms with E-state index < -0.39 is 0 Å². The van der Waals surface area contributed by atoms with Crippen LogP contribution in [0, 0.1) is 0 Å². The van der Waals surface area contributed by atoms with Gasteiger partial charge in [0.25, 0.3) is 0 Å². The number of hydrogen-bond donors (Lipinski definition) is 1. The van der Waals surface area contributed by atoms with Crippen LogP contribution < -0.4 is 10.2 Å². The van der Waals surface area contributed by atoms with E-state index in [4.69, 9.17) is 4.74 Å². The normalized spacial score (nSPS) is 14.4. The molecular formula is C16H14N2O3S. The first-order valence-electron chi connectivity index (χ1n) is 6.79. The van der Waals surface area contributed by atoms with Crippen LogP contribution in [0.3, 0.4) is 0 Å². The lowest BCUT2D eigenvalue weighted by Gasteiger charge is -2.13. The van der Waals surface area contributed by atoms with Gasteiger partial charge in [0.15, 0.2) is 0 Å². The first-order chi connectivity index (χ1) is 10.7. The summed E-state index contributed by atoms with van der Waals surface area (Å²) in [7, 11) is 0. The highest BCUT2D eigenvalue weighted by atomic mass is 32.1. The molecule has 0 saturated carbocycles. The van der Waals surface area contributed by atoms with Crippen molar-refractivity contribution < 1.29 is 14.3 Å². The highest BCUT2D eigenvalue weighted by molar-refractivity contribution is 7.10. The predicted molar refractivity (Wildman–Crippen MR) is 87.1 cm³/mol. The van der Waals surface area contributed by atoms with Crippen molar-refractivity contribution in [2.24, 2.45) is 0 Å². The molecule has 0 atom stereocenters. The van der Waals surface area contributed by atoms with Crippen molar-refractivity contribution in [3.8, 4) is 0 Å². The molecule has 1 aliphatic rings. The molecule has 0 unspecified atom stereocenters. The Kier molecular flexibility index (Phi) is 4.20. The van der Waals surface area contributed by atoms with Crippen LogP contribution in [0.4, 0.5) is 16.2 Å². The number of nitrogens with one attached hydrogen (secondary N) is 1. The first-order valence-corrected chi connectivity index (χ1v) is 7.67. The van der Waals surface area contributed by atoms with Gasteiger partial charge in [0, 0.05) is 22.3 Å². The molecule has 0 bridgehead atoms. The van der Waals surface area contributed by atoms with Gasteiger partial charge in [-0.05, 0) is 35.7 Å². The van der Waals surface area contributed by atoms with Crippen molar-refractivity contribution in [1.29, 1.82) is 0 Å². The summed E-state index contributed by atoms with van der Waals surface area (Å²) in [4.78, 5) is 26.0. The van der Waals surface area contributed by atoms with Gasteiger partial charge in [0.05, 0.1) is 6.54 Å². The molecule has 5 nitrogen and oxygen atoms in total. The summed E-state index contributed by atoms with van der Waals surface area (Å²) in [5, 5.41) is 4.74. The number of thiophene rings is 1. The lowest BCUT2D eigenvalue weighted by atomic mass is 10.2. The van der Waals surface area contributed by atoms with E-state index in [9.17, 15) is 9.59 Å². The Morgan fingerprint density at radius 3 is 2.95 bits per heavy atom. The highest BCUT2D eigenvalue weighted by Crippen LogP contribution is 2.22. The molecule has 3 rings (SSSR count). The fourth-order valence-electron chi connectivity index (χ4n) is 2.11. The average molecular weight is 314 g/mol. The Labute approximate surface area is 131 Å². The summed E-state index contributed by atoms with van der Waals surface area (Å²) >= 11 is 1.57. The number of amides is 2. The lowest BCUT2D eigenvalue weighted by Crippen LogP contribution is -2.23. The SMILES string of the molecule is O=C(/C=C/c1cccs1)Nc1cccc(N2CCOC2=O)c1. The van der Waals surface area contributed by atoms with E-state index in [2.05, 4.69) is 5.32 Å². The van der Waals surface area contributed by atoms with E-state index in [1.54, 1.807) is 35.6 Å². The third-order valence-corrected chi connectivity index (χ3v) is 3.97. The molecule has 112 valence electrons. The molecule has 6 heteroatoms.